The molecule has 1 saturated heterocycles. The number of amides is 2. The molecule has 0 radical (unpaired) electrons. The van der Waals surface area contributed by atoms with Crippen LogP contribution >= 0.6 is 0 Å². The third-order valence-corrected chi connectivity index (χ3v) is 7.66. The molecule has 1 fully saturated rings. The van der Waals surface area contributed by atoms with Crippen LogP contribution in [-0.4, -0.2) is 67.8 Å². The number of H-pyrrole nitrogens is 1. The van der Waals surface area contributed by atoms with Crippen LogP contribution in [0.5, 0.6) is 0 Å². The van der Waals surface area contributed by atoms with Crippen LogP contribution in [0.2, 0.25) is 0 Å². The van der Waals surface area contributed by atoms with Crippen molar-refractivity contribution in [2.45, 2.75) is 37.6 Å². The van der Waals surface area contributed by atoms with Gasteiger partial charge in [-0.05, 0) is 37.3 Å². The highest BCUT2D eigenvalue weighted by Gasteiger charge is 2.47. The molecule has 0 bridgehead atoms. The Balaban J connectivity index is 1.72. The standard InChI is InChI=1S/C27H21F2N3O6/c1-9-2-4-13-11(6-9)16-18-19(26(37)31-25(18)36)17-12-7-10(28)3-5-14(12)32(22(17)21(16)30-13)27-24(35)23(34)20(29)15(8-33)38-27/h2-7,15,20,23-24,27,30,33-35H,8H2,1H3,(H,31,36,37)/t15-,20-,23+,24-,27-/m1/s1. The van der Waals surface area contributed by atoms with Gasteiger partial charge in [-0.25, -0.2) is 8.78 Å². The minimum Gasteiger partial charge on any atom is -0.394 e. The second kappa shape index (κ2) is 7.81. The van der Waals surface area contributed by atoms with E-state index in [9.17, 15) is 33.7 Å². The third kappa shape index (κ3) is 2.86. The minimum atomic E-state index is -2.06. The zero-order valence-corrected chi connectivity index (χ0v) is 19.8. The quantitative estimate of drug-likeness (QED) is 0.227. The fourth-order valence-electron chi connectivity index (χ4n) is 5.99. The van der Waals surface area contributed by atoms with E-state index in [2.05, 4.69) is 10.3 Å². The van der Waals surface area contributed by atoms with E-state index in [1.807, 2.05) is 25.1 Å². The van der Waals surface area contributed by atoms with Crippen molar-refractivity contribution in [2.24, 2.45) is 0 Å². The highest BCUT2D eigenvalue weighted by molar-refractivity contribution is 6.39. The average Bonchev–Trinajstić information content (AvgIpc) is 3.51. The summed E-state index contributed by atoms with van der Waals surface area (Å²) >= 11 is 0. The first-order valence-electron chi connectivity index (χ1n) is 12.0. The van der Waals surface area contributed by atoms with Crippen molar-refractivity contribution in [3.8, 4) is 0 Å². The van der Waals surface area contributed by atoms with Gasteiger partial charge in [-0.1, -0.05) is 11.6 Å². The number of carbonyl (C=O) groups excluding carboxylic acids is 2. The number of benzene rings is 3. The molecule has 0 saturated carbocycles. The van der Waals surface area contributed by atoms with E-state index in [1.165, 1.54) is 22.8 Å². The van der Waals surface area contributed by atoms with E-state index in [-0.39, 0.29) is 21.9 Å². The van der Waals surface area contributed by atoms with Gasteiger partial charge in [-0.15, -0.1) is 0 Å². The van der Waals surface area contributed by atoms with Gasteiger partial charge in [0.15, 0.2) is 12.4 Å². The zero-order chi connectivity index (χ0) is 26.6. The SMILES string of the molecule is Cc1ccc2[nH]c3c(c4c(c5c6cc(F)ccc6n([C@@H]6O[C@H](CO)[C@@H](F)[C@H](O)[C@H]6O)c35)C(=O)NC4=O)c2c1. The minimum absolute atomic E-state index is 0.0437. The molecule has 5 aromatic rings. The Labute approximate surface area is 212 Å². The maximum Gasteiger partial charge on any atom is 0.259 e. The summed E-state index contributed by atoms with van der Waals surface area (Å²) in [5.74, 6) is -1.87. The lowest BCUT2D eigenvalue weighted by Gasteiger charge is -2.40. The lowest BCUT2D eigenvalue weighted by atomic mass is 9.96. The molecule has 5 atom stereocenters. The lowest BCUT2D eigenvalue weighted by molar-refractivity contribution is -0.233. The number of imide groups is 1. The van der Waals surface area contributed by atoms with E-state index in [0.29, 0.717) is 32.8 Å². The Kier molecular flexibility index (Phi) is 4.77. The summed E-state index contributed by atoms with van der Waals surface area (Å²) in [7, 11) is 0. The summed E-state index contributed by atoms with van der Waals surface area (Å²) in [5.41, 5.74) is 2.77. The van der Waals surface area contributed by atoms with E-state index in [0.717, 1.165) is 5.56 Å². The molecule has 5 N–H and O–H groups in total. The molecule has 3 aromatic carbocycles. The van der Waals surface area contributed by atoms with Crippen LogP contribution in [0.1, 0.15) is 32.5 Å². The summed E-state index contributed by atoms with van der Waals surface area (Å²) < 4.78 is 36.5. The van der Waals surface area contributed by atoms with E-state index >= 15 is 0 Å². The maximum absolute atomic E-state index is 14.6. The number of ether oxygens (including phenoxy) is 1. The van der Waals surface area contributed by atoms with Crippen LogP contribution in [0.4, 0.5) is 8.78 Å². The third-order valence-electron chi connectivity index (χ3n) is 7.66. The van der Waals surface area contributed by atoms with Gasteiger partial charge in [0.25, 0.3) is 11.8 Å². The van der Waals surface area contributed by atoms with Crippen LogP contribution in [0.25, 0.3) is 43.6 Å². The number of aromatic amines is 1. The first-order chi connectivity index (χ1) is 18.2. The first kappa shape index (κ1) is 23.2. The number of nitrogens with one attached hydrogen (secondary N) is 2. The van der Waals surface area contributed by atoms with Gasteiger partial charge in [0.1, 0.15) is 24.1 Å². The molecule has 7 rings (SSSR count). The van der Waals surface area contributed by atoms with Crippen LogP contribution in [-0.2, 0) is 4.74 Å². The molecule has 38 heavy (non-hydrogen) atoms. The summed E-state index contributed by atoms with van der Waals surface area (Å²) in [4.78, 5) is 29.6. The molecule has 0 spiro atoms. The Bertz CT molecular complexity index is 1860. The second-order valence-corrected chi connectivity index (χ2v) is 9.89. The predicted molar refractivity (Wildman–Crippen MR) is 133 cm³/mol. The van der Waals surface area contributed by atoms with Crippen molar-refractivity contribution >= 4 is 55.4 Å². The smallest absolute Gasteiger partial charge is 0.259 e. The van der Waals surface area contributed by atoms with Crippen LogP contribution in [0.3, 0.4) is 0 Å². The van der Waals surface area contributed by atoms with E-state index < -0.39 is 54.9 Å². The lowest BCUT2D eigenvalue weighted by Crippen LogP contribution is -2.54. The summed E-state index contributed by atoms with van der Waals surface area (Å²) in [6.45, 7) is 1.12. The first-order valence-corrected chi connectivity index (χ1v) is 12.0. The number of carbonyl (C=O) groups is 2. The molecule has 2 amide bonds. The number of halogens is 2. The van der Waals surface area contributed by atoms with Crippen molar-refractivity contribution in [3.63, 3.8) is 0 Å². The van der Waals surface area contributed by atoms with Crippen molar-refractivity contribution in [3.05, 3.63) is 58.9 Å². The zero-order valence-electron chi connectivity index (χ0n) is 19.8. The maximum atomic E-state index is 14.6. The molecule has 2 aliphatic heterocycles. The topological polar surface area (TPSA) is 137 Å². The average molecular weight is 521 g/mol. The van der Waals surface area contributed by atoms with Gasteiger partial charge in [0.2, 0.25) is 0 Å². The number of nitrogens with zero attached hydrogens (tertiary/aromatic N) is 1. The number of hydrogen-bond donors (Lipinski definition) is 5. The summed E-state index contributed by atoms with van der Waals surface area (Å²) in [6.07, 6.45) is -8.60. The monoisotopic (exact) mass is 521 g/mol. The number of fused-ring (bicyclic) bond motifs is 10. The number of alkyl halides is 1. The van der Waals surface area contributed by atoms with Gasteiger partial charge in [-0.2, -0.15) is 0 Å². The molecule has 11 heteroatoms. The van der Waals surface area contributed by atoms with E-state index in [4.69, 9.17) is 4.74 Å². The van der Waals surface area contributed by atoms with Crippen molar-refractivity contribution in [2.75, 3.05) is 6.61 Å². The molecule has 4 heterocycles. The number of aryl methyl sites for hydroxylation is 1. The molecular weight excluding hydrogens is 500 g/mol. The molecule has 0 unspecified atom stereocenters. The van der Waals surface area contributed by atoms with E-state index in [1.54, 1.807) is 0 Å². The van der Waals surface area contributed by atoms with Gasteiger partial charge >= 0.3 is 0 Å². The van der Waals surface area contributed by atoms with Crippen molar-refractivity contribution in [1.82, 2.24) is 14.9 Å². The van der Waals surface area contributed by atoms with Gasteiger partial charge in [0, 0.05) is 27.1 Å². The number of aliphatic hydroxyl groups is 3. The normalized spacial score (nSPS) is 25.7. The van der Waals surface area contributed by atoms with Gasteiger partial charge < -0.3 is 29.6 Å². The number of aliphatic hydroxyl groups excluding tert-OH is 3. The highest BCUT2D eigenvalue weighted by Crippen LogP contribution is 2.46. The summed E-state index contributed by atoms with van der Waals surface area (Å²) in [6, 6.07) is 9.38. The molecule has 2 aliphatic rings. The summed E-state index contributed by atoms with van der Waals surface area (Å²) in [5, 5.41) is 35.1. The van der Waals surface area contributed by atoms with Crippen molar-refractivity contribution in [1.29, 1.82) is 0 Å². The predicted octanol–water partition coefficient (Wildman–Crippen LogP) is 2.71. The Morgan fingerprint density at radius 3 is 2.47 bits per heavy atom. The Hall–Kier alpha value is -3.90. The highest BCUT2D eigenvalue weighted by atomic mass is 19.1. The van der Waals surface area contributed by atoms with Crippen LogP contribution in [0, 0.1) is 12.7 Å². The Morgan fingerprint density at radius 2 is 1.74 bits per heavy atom. The molecular formula is C27H21F2N3O6. The second-order valence-electron chi connectivity index (χ2n) is 9.89. The number of rotatable bonds is 2. The van der Waals surface area contributed by atoms with Gasteiger partial charge in [-0.3, -0.25) is 14.9 Å². The number of aromatic nitrogens is 2. The largest absolute Gasteiger partial charge is 0.394 e. The van der Waals surface area contributed by atoms with Crippen LogP contribution in [0.15, 0.2) is 36.4 Å². The molecule has 2 aromatic heterocycles. The van der Waals surface area contributed by atoms with Crippen molar-refractivity contribution < 1.29 is 38.4 Å². The number of hydrogen-bond acceptors (Lipinski definition) is 6. The fraction of sp³-hybridized carbons (Fsp3) is 0.259. The molecule has 194 valence electrons. The molecule has 0 aliphatic carbocycles. The van der Waals surface area contributed by atoms with Crippen LogP contribution < -0.4 is 5.32 Å². The Morgan fingerprint density at radius 1 is 1.00 bits per heavy atom. The fourth-order valence-corrected chi connectivity index (χ4v) is 5.99. The van der Waals surface area contributed by atoms with Gasteiger partial charge in [0.05, 0.1) is 34.3 Å². The molecule has 9 nitrogen and oxygen atoms in total.